The van der Waals surface area contributed by atoms with Crippen molar-refractivity contribution in [3.05, 3.63) is 53.6 Å². The number of carbonyl (C=O) groups is 1. The molecular formula is C17H21FN4O. The van der Waals surface area contributed by atoms with Crippen LogP contribution < -0.4 is 10.6 Å². The van der Waals surface area contributed by atoms with Gasteiger partial charge in [0.25, 0.3) is 5.91 Å². The Balaban J connectivity index is 1.93. The zero-order chi connectivity index (χ0) is 16.7. The minimum atomic E-state index is -0.359. The predicted molar refractivity (Wildman–Crippen MR) is 87.5 cm³/mol. The number of rotatable bonds is 7. The largest absolute Gasteiger partial charge is 0.354 e. The first-order valence-corrected chi connectivity index (χ1v) is 7.65. The maximum atomic E-state index is 13.5. The molecule has 0 saturated heterocycles. The lowest BCUT2D eigenvalue weighted by molar-refractivity contribution is 0.0945. The van der Waals surface area contributed by atoms with Crippen LogP contribution in [0.25, 0.3) is 0 Å². The fraction of sp³-hybridized carbons (Fsp3) is 0.353. The number of nitrogens with zero attached hydrogens (tertiary/aromatic N) is 2. The number of hydrogen-bond acceptors (Lipinski definition) is 4. The molecule has 0 bridgehead atoms. The van der Waals surface area contributed by atoms with E-state index in [-0.39, 0.29) is 24.0 Å². The van der Waals surface area contributed by atoms with Gasteiger partial charge >= 0.3 is 0 Å². The first kappa shape index (κ1) is 16.9. The normalized spacial score (nSPS) is 10.6. The van der Waals surface area contributed by atoms with Gasteiger partial charge in [-0.2, -0.15) is 0 Å². The van der Waals surface area contributed by atoms with Crippen molar-refractivity contribution in [3.8, 4) is 0 Å². The average Bonchev–Trinajstić information content (AvgIpc) is 2.54. The first-order valence-electron chi connectivity index (χ1n) is 7.65. The number of amides is 1. The van der Waals surface area contributed by atoms with E-state index < -0.39 is 0 Å². The maximum Gasteiger partial charge on any atom is 0.270 e. The number of anilines is 1. The van der Waals surface area contributed by atoms with Crippen molar-refractivity contribution >= 4 is 11.9 Å². The van der Waals surface area contributed by atoms with E-state index in [1.807, 2.05) is 0 Å². The number of nitrogens with one attached hydrogen (secondary N) is 2. The van der Waals surface area contributed by atoms with E-state index in [2.05, 4.69) is 34.4 Å². The highest BCUT2D eigenvalue weighted by Crippen LogP contribution is 2.07. The monoisotopic (exact) mass is 316 g/mol. The molecule has 1 aromatic carbocycles. The molecule has 2 aromatic rings. The number of hydrogen-bond donors (Lipinski definition) is 2. The second-order valence-electron chi connectivity index (χ2n) is 5.65. The van der Waals surface area contributed by atoms with E-state index >= 15 is 0 Å². The fourth-order valence-corrected chi connectivity index (χ4v) is 1.95. The van der Waals surface area contributed by atoms with E-state index in [1.54, 1.807) is 18.2 Å². The third-order valence-electron chi connectivity index (χ3n) is 3.29. The van der Waals surface area contributed by atoms with Crippen molar-refractivity contribution in [1.29, 1.82) is 0 Å². The Hall–Kier alpha value is -2.50. The molecule has 2 rings (SSSR count). The molecular weight excluding hydrogens is 295 g/mol. The summed E-state index contributed by atoms with van der Waals surface area (Å²) >= 11 is 0. The van der Waals surface area contributed by atoms with Crippen molar-refractivity contribution in [1.82, 2.24) is 15.3 Å². The molecule has 0 radical (unpaired) electrons. The summed E-state index contributed by atoms with van der Waals surface area (Å²) in [6.07, 6.45) is 2.52. The van der Waals surface area contributed by atoms with Crippen molar-refractivity contribution < 1.29 is 9.18 Å². The zero-order valence-corrected chi connectivity index (χ0v) is 13.3. The molecule has 0 aliphatic rings. The Morgan fingerprint density at radius 2 is 2.04 bits per heavy atom. The fourth-order valence-electron chi connectivity index (χ4n) is 1.95. The van der Waals surface area contributed by atoms with Gasteiger partial charge in [-0.3, -0.25) is 4.79 Å². The van der Waals surface area contributed by atoms with Crippen LogP contribution in [0.3, 0.4) is 0 Å². The smallest absolute Gasteiger partial charge is 0.270 e. The predicted octanol–water partition coefficient (Wildman–Crippen LogP) is 3.00. The molecule has 5 nitrogen and oxygen atoms in total. The minimum absolute atomic E-state index is 0.117. The van der Waals surface area contributed by atoms with E-state index in [0.29, 0.717) is 17.4 Å². The molecule has 0 aliphatic heterocycles. The summed E-state index contributed by atoms with van der Waals surface area (Å²) in [6.45, 7) is 5.13. The molecule has 0 saturated carbocycles. The Morgan fingerprint density at radius 1 is 1.26 bits per heavy atom. The van der Waals surface area contributed by atoms with Gasteiger partial charge in [-0.15, -0.1) is 0 Å². The van der Waals surface area contributed by atoms with Crippen molar-refractivity contribution in [2.45, 2.75) is 26.8 Å². The molecule has 0 spiro atoms. The number of carbonyl (C=O) groups excluding carboxylic acids is 1. The lowest BCUT2D eigenvalue weighted by Crippen LogP contribution is -2.24. The van der Waals surface area contributed by atoms with Gasteiger partial charge < -0.3 is 10.6 Å². The SMILES string of the molecule is CC(C)CCNc1nccc(C(=O)NCc2ccccc2F)n1. The summed E-state index contributed by atoms with van der Waals surface area (Å²) in [5, 5.41) is 5.75. The summed E-state index contributed by atoms with van der Waals surface area (Å²) < 4.78 is 13.5. The Morgan fingerprint density at radius 3 is 2.78 bits per heavy atom. The van der Waals surface area contributed by atoms with Gasteiger partial charge in [0.1, 0.15) is 11.5 Å². The van der Waals surface area contributed by atoms with Crippen LogP contribution in [0.2, 0.25) is 0 Å². The summed E-state index contributed by atoms with van der Waals surface area (Å²) in [5.41, 5.74) is 0.688. The van der Waals surface area contributed by atoms with Gasteiger partial charge in [0.05, 0.1) is 0 Å². The zero-order valence-electron chi connectivity index (χ0n) is 13.3. The Kier molecular flexibility index (Phi) is 6.02. The standard InChI is InChI=1S/C17H21FN4O/c1-12(2)7-9-19-17-20-10-8-15(22-17)16(23)21-11-13-5-3-4-6-14(13)18/h3-6,8,10,12H,7,9,11H2,1-2H3,(H,21,23)(H,19,20,22). The van der Waals surface area contributed by atoms with Crippen LogP contribution in [0.1, 0.15) is 36.3 Å². The van der Waals surface area contributed by atoms with Gasteiger partial charge in [-0.25, -0.2) is 14.4 Å². The van der Waals surface area contributed by atoms with Crippen molar-refractivity contribution in [2.24, 2.45) is 5.92 Å². The molecule has 0 unspecified atom stereocenters. The molecule has 6 heteroatoms. The lowest BCUT2D eigenvalue weighted by Gasteiger charge is -2.09. The van der Waals surface area contributed by atoms with E-state index in [1.165, 1.54) is 18.3 Å². The van der Waals surface area contributed by atoms with Crippen LogP contribution in [-0.2, 0) is 6.54 Å². The van der Waals surface area contributed by atoms with Gasteiger partial charge in [0.2, 0.25) is 5.95 Å². The third-order valence-corrected chi connectivity index (χ3v) is 3.29. The Bertz CT molecular complexity index is 661. The molecule has 122 valence electrons. The van der Waals surface area contributed by atoms with Crippen molar-refractivity contribution in [3.63, 3.8) is 0 Å². The molecule has 1 aromatic heterocycles. The van der Waals surface area contributed by atoms with E-state index in [0.717, 1.165) is 13.0 Å². The molecule has 1 heterocycles. The maximum absolute atomic E-state index is 13.5. The van der Waals surface area contributed by atoms with Gasteiger partial charge in [0.15, 0.2) is 0 Å². The molecule has 1 amide bonds. The highest BCUT2D eigenvalue weighted by atomic mass is 19.1. The summed E-state index contributed by atoms with van der Waals surface area (Å²) in [4.78, 5) is 20.4. The number of aromatic nitrogens is 2. The van der Waals surface area contributed by atoms with Crippen LogP contribution >= 0.6 is 0 Å². The number of benzene rings is 1. The van der Waals surface area contributed by atoms with Crippen LogP contribution in [0.4, 0.5) is 10.3 Å². The molecule has 2 N–H and O–H groups in total. The molecule has 0 atom stereocenters. The molecule has 0 fully saturated rings. The minimum Gasteiger partial charge on any atom is -0.354 e. The highest BCUT2D eigenvalue weighted by molar-refractivity contribution is 5.92. The summed E-state index contributed by atoms with van der Waals surface area (Å²) in [5.74, 6) is 0.299. The topological polar surface area (TPSA) is 66.9 Å². The van der Waals surface area contributed by atoms with E-state index in [9.17, 15) is 9.18 Å². The van der Waals surface area contributed by atoms with Crippen LogP contribution in [0, 0.1) is 11.7 Å². The number of halogens is 1. The van der Waals surface area contributed by atoms with Crippen LogP contribution in [0.15, 0.2) is 36.5 Å². The van der Waals surface area contributed by atoms with Crippen molar-refractivity contribution in [2.75, 3.05) is 11.9 Å². The van der Waals surface area contributed by atoms with E-state index in [4.69, 9.17) is 0 Å². The Labute approximate surface area is 135 Å². The van der Waals surface area contributed by atoms with Crippen LogP contribution in [0.5, 0.6) is 0 Å². The molecule has 23 heavy (non-hydrogen) atoms. The summed E-state index contributed by atoms with van der Waals surface area (Å²) in [7, 11) is 0. The molecule has 0 aliphatic carbocycles. The second kappa shape index (κ2) is 8.22. The van der Waals surface area contributed by atoms with Gasteiger partial charge in [0, 0.05) is 24.8 Å². The highest BCUT2D eigenvalue weighted by Gasteiger charge is 2.10. The average molecular weight is 316 g/mol. The quantitative estimate of drug-likeness (QED) is 0.824. The summed E-state index contributed by atoms with van der Waals surface area (Å²) in [6, 6.07) is 7.87. The van der Waals surface area contributed by atoms with Crippen LogP contribution in [-0.4, -0.2) is 22.4 Å². The third kappa shape index (κ3) is 5.32. The second-order valence-corrected chi connectivity index (χ2v) is 5.65. The lowest BCUT2D eigenvalue weighted by atomic mass is 10.1. The first-order chi connectivity index (χ1) is 11.1. The van der Waals surface area contributed by atoms with Gasteiger partial charge in [-0.05, 0) is 24.5 Å². The van der Waals surface area contributed by atoms with Gasteiger partial charge in [-0.1, -0.05) is 32.0 Å².